The van der Waals surface area contributed by atoms with Crippen LogP contribution in [-0.4, -0.2) is 47.9 Å². The standard InChI is InChI=1S/C23H28N4O4S/c1-2-31-22-9-5-4-8-19(22)25-23(28)12-15-26-17-24-20-16-18(10-11-21(20)26)32(29,30)27-13-6-3-7-14-27/h4-5,8-11,16-17H,2-3,6-7,12-15H2,1H3,(H,25,28). The molecule has 32 heavy (non-hydrogen) atoms. The number of carbonyl (C=O) groups is 1. The second kappa shape index (κ2) is 9.70. The number of benzene rings is 2. The summed E-state index contributed by atoms with van der Waals surface area (Å²) in [5, 5.41) is 2.89. The number of fused-ring (bicyclic) bond motifs is 1. The summed E-state index contributed by atoms with van der Waals surface area (Å²) in [4.78, 5) is 17.1. The molecule has 2 heterocycles. The number of sulfonamides is 1. The van der Waals surface area contributed by atoms with Gasteiger partial charge in [-0.15, -0.1) is 0 Å². The molecule has 1 aliphatic heterocycles. The Kier molecular flexibility index (Phi) is 6.76. The smallest absolute Gasteiger partial charge is 0.243 e. The number of aromatic nitrogens is 2. The summed E-state index contributed by atoms with van der Waals surface area (Å²) in [7, 11) is -3.51. The predicted octanol–water partition coefficient (Wildman–Crippen LogP) is 3.64. The number of hydrogen-bond donors (Lipinski definition) is 1. The molecule has 1 amide bonds. The van der Waals surface area contributed by atoms with E-state index < -0.39 is 10.0 Å². The summed E-state index contributed by atoms with van der Waals surface area (Å²) >= 11 is 0. The highest BCUT2D eigenvalue weighted by Crippen LogP contribution is 2.25. The summed E-state index contributed by atoms with van der Waals surface area (Å²) in [6, 6.07) is 12.3. The maximum absolute atomic E-state index is 12.9. The molecule has 0 unspecified atom stereocenters. The first kappa shape index (κ1) is 22.3. The number of hydrogen-bond acceptors (Lipinski definition) is 5. The minimum absolute atomic E-state index is 0.136. The Bertz CT molecular complexity index is 1200. The van der Waals surface area contributed by atoms with Crippen molar-refractivity contribution in [3.63, 3.8) is 0 Å². The number of imidazole rings is 1. The van der Waals surface area contributed by atoms with Gasteiger partial charge in [-0.2, -0.15) is 4.31 Å². The number of ether oxygens (including phenoxy) is 1. The van der Waals surface area contributed by atoms with E-state index in [9.17, 15) is 13.2 Å². The third-order valence-corrected chi connectivity index (χ3v) is 7.48. The van der Waals surface area contributed by atoms with E-state index in [1.165, 1.54) is 0 Å². The van der Waals surface area contributed by atoms with Gasteiger partial charge in [-0.3, -0.25) is 4.79 Å². The summed E-state index contributed by atoms with van der Waals surface area (Å²) in [6.07, 6.45) is 4.75. The Hall–Kier alpha value is -2.91. The van der Waals surface area contributed by atoms with Gasteiger partial charge in [0, 0.05) is 26.1 Å². The third kappa shape index (κ3) is 4.78. The second-order valence-electron chi connectivity index (χ2n) is 7.78. The van der Waals surface area contributed by atoms with Crippen LogP contribution in [0.1, 0.15) is 32.6 Å². The quantitative estimate of drug-likeness (QED) is 0.559. The largest absolute Gasteiger partial charge is 0.492 e. The van der Waals surface area contributed by atoms with E-state index in [2.05, 4.69) is 10.3 Å². The average molecular weight is 457 g/mol. The first-order valence-electron chi connectivity index (χ1n) is 11.0. The minimum atomic E-state index is -3.51. The number of rotatable bonds is 8. The van der Waals surface area contributed by atoms with Crippen molar-refractivity contribution in [2.75, 3.05) is 25.0 Å². The normalized spacial score (nSPS) is 15.0. The molecule has 0 radical (unpaired) electrons. The number of nitrogens with one attached hydrogen (secondary N) is 1. The topological polar surface area (TPSA) is 93.5 Å². The van der Waals surface area contributed by atoms with Gasteiger partial charge >= 0.3 is 0 Å². The first-order chi connectivity index (χ1) is 15.5. The Morgan fingerprint density at radius 3 is 2.69 bits per heavy atom. The summed E-state index contributed by atoms with van der Waals surface area (Å²) < 4.78 is 34.8. The first-order valence-corrected chi connectivity index (χ1v) is 12.4. The molecule has 8 nitrogen and oxygen atoms in total. The molecule has 1 aliphatic rings. The van der Waals surface area contributed by atoms with E-state index in [0.29, 0.717) is 43.2 Å². The average Bonchev–Trinajstić information content (AvgIpc) is 3.22. The van der Waals surface area contributed by atoms with Crippen LogP contribution in [0, 0.1) is 0 Å². The van der Waals surface area contributed by atoms with E-state index in [4.69, 9.17) is 4.74 Å². The van der Waals surface area contributed by atoms with Crippen molar-refractivity contribution in [1.82, 2.24) is 13.9 Å². The molecule has 1 fully saturated rings. The summed E-state index contributed by atoms with van der Waals surface area (Å²) in [5.41, 5.74) is 2.04. The molecule has 1 saturated heterocycles. The van der Waals surface area contributed by atoms with Crippen molar-refractivity contribution in [3.8, 4) is 5.75 Å². The lowest BCUT2D eigenvalue weighted by molar-refractivity contribution is -0.116. The molecule has 1 N–H and O–H groups in total. The van der Waals surface area contributed by atoms with Gasteiger partial charge in [0.2, 0.25) is 15.9 Å². The SMILES string of the molecule is CCOc1ccccc1NC(=O)CCn1cnc2cc(S(=O)(=O)N3CCCCC3)ccc21. The third-order valence-electron chi connectivity index (χ3n) is 5.59. The van der Waals surface area contributed by atoms with Crippen molar-refractivity contribution in [3.05, 3.63) is 48.8 Å². The Morgan fingerprint density at radius 2 is 1.91 bits per heavy atom. The molecule has 0 spiro atoms. The lowest BCUT2D eigenvalue weighted by Crippen LogP contribution is -2.35. The van der Waals surface area contributed by atoms with Gasteiger partial charge in [-0.25, -0.2) is 13.4 Å². The molecule has 0 atom stereocenters. The lowest BCUT2D eigenvalue weighted by atomic mass is 10.2. The molecule has 9 heteroatoms. The number of aryl methyl sites for hydroxylation is 1. The van der Waals surface area contributed by atoms with Gasteiger partial charge in [-0.1, -0.05) is 18.6 Å². The van der Waals surface area contributed by atoms with Crippen molar-refractivity contribution < 1.29 is 17.9 Å². The number of nitrogens with zero attached hydrogens (tertiary/aromatic N) is 3. The zero-order valence-corrected chi connectivity index (χ0v) is 19.0. The monoisotopic (exact) mass is 456 g/mol. The molecule has 3 aromatic rings. The Morgan fingerprint density at radius 1 is 1.12 bits per heavy atom. The zero-order chi connectivity index (χ0) is 22.6. The molecule has 0 saturated carbocycles. The highest BCUT2D eigenvalue weighted by Gasteiger charge is 2.26. The van der Waals surface area contributed by atoms with Crippen LogP contribution in [0.2, 0.25) is 0 Å². The summed E-state index contributed by atoms with van der Waals surface area (Å²) in [5.74, 6) is 0.502. The molecular formula is C23H28N4O4S. The number of amides is 1. The van der Waals surface area contributed by atoms with Crippen LogP contribution in [0.4, 0.5) is 5.69 Å². The maximum atomic E-state index is 12.9. The van der Waals surface area contributed by atoms with Crippen molar-refractivity contribution >= 4 is 32.7 Å². The fourth-order valence-electron chi connectivity index (χ4n) is 3.92. The molecule has 1 aromatic heterocycles. The molecule has 2 aromatic carbocycles. The Labute approximate surface area is 188 Å². The van der Waals surface area contributed by atoms with E-state index in [1.807, 2.05) is 29.7 Å². The number of piperidine rings is 1. The minimum Gasteiger partial charge on any atom is -0.492 e. The number of carbonyl (C=O) groups excluding carboxylic acids is 1. The van der Waals surface area contributed by atoms with E-state index in [0.717, 1.165) is 24.8 Å². The van der Waals surface area contributed by atoms with E-state index >= 15 is 0 Å². The van der Waals surface area contributed by atoms with Gasteiger partial charge in [0.1, 0.15) is 5.75 Å². The van der Waals surface area contributed by atoms with Gasteiger partial charge in [0.15, 0.2) is 0 Å². The molecule has 4 rings (SSSR count). The van der Waals surface area contributed by atoms with Crippen LogP contribution in [0.15, 0.2) is 53.7 Å². The van der Waals surface area contributed by atoms with E-state index in [-0.39, 0.29) is 17.2 Å². The zero-order valence-electron chi connectivity index (χ0n) is 18.2. The molecule has 0 aliphatic carbocycles. The van der Waals surface area contributed by atoms with Gasteiger partial charge in [0.25, 0.3) is 0 Å². The van der Waals surface area contributed by atoms with Crippen LogP contribution in [0.25, 0.3) is 11.0 Å². The van der Waals surface area contributed by atoms with Crippen LogP contribution in [0.5, 0.6) is 5.75 Å². The van der Waals surface area contributed by atoms with E-state index in [1.54, 1.807) is 34.9 Å². The number of para-hydroxylation sites is 2. The van der Waals surface area contributed by atoms with Crippen LogP contribution >= 0.6 is 0 Å². The van der Waals surface area contributed by atoms with Crippen molar-refractivity contribution in [1.29, 1.82) is 0 Å². The fourth-order valence-corrected chi connectivity index (χ4v) is 5.46. The lowest BCUT2D eigenvalue weighted by Gasteiger charge is -2.25. The fraction of sp³-hybridized carbons (Fsp3) is 0.391. The maximum Gasteiger partial charge on any atom is 0.243 e. The second-order valence-corrected chi connectivity index (χ2v) is 9.72. The van der Waals surface area contributed by atoms with Gasteiger partial charge in [-0.05, 0) is 50.1 Å². The molecular weight excluding hydrogens is 428 g/mol. The van der Waals surface area contributed by atoms with Gasteiger partial charge < -0.3 is 14.6 Å². The van der Waals surface area contributed by atoms with Crippen LogP contribution in [-0.2, 0) is 21.4 Å². The van der Waals surface area contributed by atoms with Crippen molar-refractivity contribution in [2.45, 2.75) is 44.0 Å². The van der Waals surface area contributed by atoms with Crippen LogP contribution < -0.4 is 10.1 Å². The predicted molar refractivity (Wildman–Crippen MR) is 123 cm³/mol. The highest BCUT2D eigenvalue weighted by molar-refractivity contribution is 7.89. The number of anilines is 1. The molecule has 170 valence electrons. The van der Waals surface area contributed by atoms with Gasteiger partial charge in [0.05, 0.1) is 34.6 Å². The molecule has 0 bridgehead atoms. The highest BCUT2D eigenvalue weighted by atomic mass is 32.2. The summed E-state index contributed by atoms with van der Waals surface area (Å²) in [6.45, 7) is 3.97. The van der Waals surface area contributed by atoms with Crippen LogP contribution in [0.3, 0.4) is 0 Å². The van der Waals surface area contributed by atoms with Crippen molar-refractivity contribution in [2.24, 2.45) is 0 Å². The Balaban J connectivity index is 1.44.